The minimum Gasteiger partial charge on any atom is -0.493 e. The highest BCUT2D eigenvalue weighted by Crippen LogP contribution is 2.33. The fraction of sp³-hybridized carbons (Fsp3) is 0.212. The van der Waals surface area contributed by atoms with Crippen molar-refractivity contribution in [1.29, 1.82) is 0 Å². The predicted octanol–water partition coefficient (Wildman–Crippen LogP) is 7.31. The molecule has 6 rings (SSSR count). The van der Waals surface area contributed by atoms with Crippen LogP contribution in [0.25, 0.3) is 22.3 Å². The zero-order chi connectivity index (χ0) is 27.5. The molecular formula is C33H31ClN4O2. The molecule has 1 aliphatic heterocycles. The van der Waals surface area contributed by atoms with E-state index in [1.807, 2.05) is 48.5 Å². The number of hydrogen-bond donors (Lipinski definition) is 1. The number of ether oxygens (including phenoxy) is 2. The molecule has 0 saturated carbocycles. The lowest BCUT2D eigenvalue weighted by molar-refractivity contribution is 0.255. The summed E-state index contributed by atoms with van der Waals surface area (Å²) in [7, 11) is 3.38. The van der Waals surface area contributed by atoms with Crippen molar-refractivity contribution in [3.05, 3.63) is 107 Å². The summed E-state index contributed by atoms with van der Waals surface area (Å²) in [4.78, 5) is 12.1. The van der Waals surface area contributed by atoms with Gasteiger partial charge < -0.3 is 14.8 Å². The van der Waals surface area contributed by atoms with Crippen molar-refractivity contribution in [2.24, 2.45) is 0 Å². The number of methoxy groups -OCH3 is 2. The number of fused-ring (bicyclic) bond motifs is 2. The minimum atomic E-state index is 0.650. The van der Waals surface area contributed by atoms with Crippen molar-refractivity contribution in [2.45, 2.75) is 19.4 Å². The molecule has 202 valence electrons. The maximum atomic E-state index is 6.29. The Bertz CT molecular complexity index is 1640. The molecule has 0 unspecified atom stereocenters. The molecule has 1 aliphatic rings. The first kappa shape index (κ1) is 26.1. The minimum absolute atomic E-state index is 0.650. The molecule has 0 atom stereocenters. The Kier molecular flexibility index (Phi) is 7.53. The number of nitrogens with one attached hydrogen (secondary N) is 1. The third kappa shape index (κ3) is 5.60. The summed E-state index contributed by atoms with van der Waals surface area (Å²) < 4.78 is 11.0. The van der Waals surface area contributed by atoms with Gasteiger partial charge in [-0.25, -0.2) is 9.97 Å². The van der Waals surface area contributed by atoms with Crippen LogP contribution in [0.5, 0.6) is 11.5 Å². The SMILES string of the molecule is COc1cc2c(cc1OC)CN(CCc1ccc(Nc3nc(-c4ccccc4)nc4cc(Cl)ccc34)cc1)CC2. The molecule has 6 nitrogen and oxygen atoms in total. The first-order chi connectivity index (χ1) is 19.6. The zero-order valence-electron chi connectivity index (χ0n) is 22.7. The van der Waals surface area contributed by atoms with Crippen LogP contribution >= 0.6 is 11.6 Å². The number of aromatic nitrogens is 2. The summed E-state index contributed by atoms with van der Waals surface area (Å²) in [6.07, 6.45) is 2.00. The van der Waals surface area contributed by atoms with Gasteiger partial charge in [-0.2, -0.15) is 0 Å². The lowest BCUT2D eigenvalue weighted by atomic mass is 9.98. The average molecular weight is 551 g/mol. The summed E-state index contributed by atoms with van der Waals surface area (Å²) in [6, 6.07) is 28.5. The van der Waals surface area contributed by atoms with E-state index in [0.29, 0.717) is 10.8 Å². The Balaban J connectivity index is 1.15. The molecule has 0 amide bonds. The van der Waals surface area contributed by atoms with Crippen molar-refractivity contribution in [2.75, 3.05) is 32.6 Å². The second kappa shape index (κ2) is 11.5. The van der Waals surface area contributed by atoms with Gasteiger partial charge in [0.2, 0.25) is 0 Å². The van der Waals surface area contributed by atoms with Gasteiger partial charge in [0, 0.05) is 41.3 Å². The van der Waals surface area contributed by atoms with E-state index in [4.69, 9.17) is 31.0 Å². The first-order valence-corrected chi connectivity index (χ1v) is 13.8. The molecule has 1 N–H and O–H groups in total. The van der Waals surface area contributed by atoms with Gasteiger partial charge in [-0.3, -0.25) is 4.90 Å². The number of halogens is 1. The number of anilines is 2. The highest BCUT2D eigenvalue weighted by Gasteiger charge is 2.19. The Labute approximate surface area is 239 Å². The van der Waals surface area contributed by atoms with Gasteiger partial charge in [0.15, 0.2) is 17.3 Å². The van der Waals surface area contributed by atoms with Gasteiger partial charge >= 0.3 is 0 Å². The Morgan fingerprint density at radius 1 is 0.850 bits per heavy atom. The normalized spacial score (nSPS) is 13.2. The van der Waals surface area contributed by atoms with Crippen LogP contribution < -0.4 is 14.8 Å². The van der Waals surface area contributed by atoms with E-state index in [2.05, 4.69) is 46.6 Å². The molecule has 40 heavy (non-hydrogen) atoms. The molecule has 0 aliphatic carbocycles. The van der Waals surface area contributed by atoms with Crippen LogP contribution in [0.2, 0.25) is 5.02 Å². The van der Waals surface area contributed by atoms with Crippen molar-refractivity contribution in [3.8, 4) is 22.9 Å². The molecule has 0 spiro atoms. The highest BCUT2D eigenvalue weighted by atomic mass is 35.5. The number of hydrogen-bond acceptors (Lipinski definition) is 6. The van der Waals surface area contributed by atoms with Crippen LogP contribution in [-0.2, 0) is 19.4 Å². The maximum Gasteiger partial charge on any atom is 0.162 e. The van der Waals surface area contributed by atoms with Crippen molar-refractivity contribution in [3.63, 3.8) is 0 Å². The molecule has 7 heteroatoms. The van der Waals surface area contributed by atoms with Crippen molar-refractivity contribution >= 4 is 34.0 Å². The van der Waals surface area contributed by atoms with E-state index in [0.717, 1.165) is 71.9 Å². The van der Waals surface area contributed by atoms with Crippen LogP contribution in [0, 0.1) is 0 Å². The third-order valence-electron chi connectivity index (χ3n) is 7.42. The van der Waals surface area contributed by atoms with Crippen LogP contribution in [-0.4, -0.2) is 42.2 Å². The fourth-order valence-electron chi connectivity index (χ4n) is 5.23. The molecule has 0 fully saturated rings. The first-order valence-electron chi connectivity index (χ1n) is 13.4. The second-order valence-corrected chi connectivity index (χ2v) is 10.4. The summed E-state index contributed by atoms with van der Waals surface area (Å²) >= 11 is 6.29. The van der Waals surface area contributed by atoms with Crippen LogP contribution in [0.15, 0.2) is 84.9 Å². The van der Waals surface area contributed by atoms with Crippen LogP contribution in [0.1, 0.15) is 16.7 Å². The standard InChI is InChI=1S/C33H31ClN4O2/c1-39-30-18-24-15-17-38(21-25(24)19-31(30)40-2)16-14-22-8-11-27(12-9-22)35-33-28-13-10-26(34)20-29(28)36-32(37-33)23-6-4-3-5-7-23/h3-13,18-20H,14-17,21H2,1-2H3,(H,35,36,37). The predicted molar refractivity (Wildman–Crippen MR) is 162 cm³/mol. The summed E-state index contributed by atoms with van der Waals surface area (Å²) in [5, 5.41) is 5.09. The molecular weight excluding hydrogens is 520 g/mol. The summed E-state index contributed by atoms with van der Waals surface area (Å²) in [5.74, 6) is 3.01. The lowest BCUT2D eigenvalue weighted by Gasteiger charge is -2.29. The smallest absolute Gasteiger partial charge is 0.162 e. The van der Waals surface area contributed by atoms with E-state index in [1.165, 1.54) is 16.7 Å². The van der Waals surface area contributed by atoms with Gasteiger partial charge in [-0.15, -0.1) is 0 Å². The highest BCUT2D eigenvalue weighted by molar-refractivity contribution is 6.31. The summed E-state index contributed by atoms with van der Waals surface area (Å²) in [6.45, 7) is 2.96. The van der Waals surface area contributed by atoms with Gasteiger partial charge in [0.1, 0.15) is 5.82 Å². The van der Waals surface area contributed by atoms with Gasteiger partial charge in [0.25, 0.3) is 0 Å². The Morgan fingerprint density at radius 3 is 2.35 bits per heavy atom. The third-order valence-corrected chi connectivity index (χ3v) is 7.66. The molecule has 2 heterocycles. The van der Waals surface area contributed by atoms with E-state index in [-0.39, 0.29) is 0 Å². The van der Waals surface area contributed by atoms with Crippen LogP contribution in [0.3, 0.4) is 0 Å². The average Bonchev–Trinajstić information content (AvgIpc) is 3.00. The van der Waals surface area contributed by atoms with E-state index in [9.17, 15) is 0 Å². The van der Waals surface area contributed by atoms with Gasteiger partial charge in [-0.1, -0.05) is 54.1 Å². The van der Waals surface area contributed by atoms with E-state index < -0.39 is 0 Å². The quantitative estimate of drug-likeness (QED) is 0.218. The molecule has 1 aromatic heterocycles. The largest absolute Gasteiger partial charge is 0.493 e. The number of benzene rings is 4. The fourth-order valence-corrected chi connectivity index (χ4v) is 5.39. The molecule has 0 bridgehead atoms. The summed E-state index contributed by atoms with van der Waals surface area (Å²) in [5.41, 5.74) is 6.70. The van der Waals surface area contributed by atoms with E-state index >= 15 is 0 Å². The zero-order valence-corrected chi connectivity index (χ0v) is 23.4. The monoisotopic (exact) mass is 550 g/mol. The van der Waals surface area contributed by atoms with E-state index in [1.54, 1.807) is 14.2 Å². The molecule has 0 saturated heterocycles. The Hall–Kier alpha value is -4.13. The number of nitrogens with zero attached hydrogens (tertiary/aromatic N) is 3. The number of rotatable bonds is 8. The van der Waals surface area contributed by atoms with Crippen molar-refractivity contribution in [1.82, 2.24) is 14.9 Å². The van der Waals surface area contributed by atoms with Crippen molar-refractivity contribution < 1.29 is 9.47 Å². The lowest BCUT2D eigenvalue weighted by Crippen LogP contribution is -2.32. The Morgan fingerprint density at radius 2 is 1.60 bits per heavy atom. The molecule has 5 aromatic rings. The van der Waals surface area contributed by atoms with Crippen LogP contribution in [0.4, 0.5) is 11.5 Å². The molecule has 0 radical (unpaired) electrons. The topological polar surface area (TPSA) is 59.5 Å². The maximum absolute atomic E-state index is 6.29. The van der Waals surface area contributed by atoms with Gasteiger partial charge in [-0.05, 0) is 72.0 Å². The van der Waals surface area contributed by atoms with Gasteiger partial charge in [0.05, 0.1) is 19.7 Å². The second-order valence-electron chi connectivity index (χ2n) is 10.00. The molecule has 4 aromatic carbocycles.